The largest absolute Gasteiger partial charge is 0.496 e. The Hall–Kier alpha value is -2.38. The Morgan fingerprint density at radius 1 is 1.03 bits per heavy atom. The summed E-state index contributed by atoms with van der Waals surface area (Å²) in [5.41, 5.74) is 3.04. The first kappa shape index (κ1) is 20.9. The third-order valence-electron chi connectivity index (χ3n) is 6.18. The molecule has 2 atom stereocenters. The number of carbonyl (C=O) groups is 1. The minimum absolute atomic E-state index is 0.0180. The first-order valence-electron chi connectivity index (χ1n) is 10.4. The Bertz CT molecular complexity index is 1020. The summed E-state index contributed by atoms with van der Waals surface area (Å²) in [6.45, 7) is 2.92. The van der Waals surface area contributed by atoms with Gasteiger partial charge in [0, 0.05) is 18.3 Å². The summed E-state index contributed by atoms with van der Waals surface area (Å²) in [5.74, 6) is 0.886. The number of hydrogen-bond donors (Lipinski definition) is 0. The maximum atomic E-state index is 13.1. The summed E-state index contributed by atoms with van der Waals surface area (Å²) in [6, 6.07) is 15.2. The predicted octanol–water partition coefficient (Wildman–Crippen LogP) is 2.31. The molecule has 2 fully saturated rings. The molecule has 0 aromatic heterocycles. The number of fused-ring (bicyclic) bond motifs is 1. The summed E-state index contributed by atoms with van der Waals surface area (Å²) in [6.07, 6.45) is 1.62. The maximum absolute atomic E-state index is 13.1. The predicted molar refractivity (Wildman–Crippen MR) is 118 cm³/mol. The van der Waals surface area contributed by atoms with Crippen LogP contribution in [0, 0.1) is 0 Å². The zero-order valence-corrected chi connectivity index (χ0v) is 18.3. The summed E-state index contributed by atoms with van der Waals surface area (Å²) < 4.78 is 30.5. The Morgan fingerprint density at radius 3 is 2.43 bits per heavy atom. The van der Waals surface area contributed by atoms with Gasteiger partial charge in [0.05, 0.1) is 31.2 Å². The molecule has 2 unspecified atom stereocenters. The van der Waals surface area contributed by atoms with Crippen LogP contribution in [0.5, 0.6) is 5.75 Å². The van der Waals surface area contributed by atoms with E-state index in [2.05, 4.69) is 6.92 Å². The fourth-order valence-electron chi connectivity index (χ4n) is 4.60. The van der Waals surface area contributed by atoms with Gasteiger partial charge in [-0.1, -0.05) is 37.3 Å². The fourth-order valence-corrected chi connectivity index (χ4v) is 6.59. The van der Waals surface area contributed by atoms with Gasteiger partial charge in [0.2, 0.25) is 5.91 Å². The molecule has 0 saturated carbocycles. The maximum Gasteiger partial charge on any atom is 0.241 e. The number of sulfone groups is 1. The molecule has 4 rings (SSSR count). The highest BCUT2D eigenvalue weighted by Crippen LogP contribution is 2.32. The number of rotatable bonds is 6. The number of aryl methyl sites for hydroxylation is 1. The average Bonchev–Trinajstić information content (AvgIpc) is 3.07. The second-order valence-corrected chi connectivity index (χ2v) is 10.2. The number of amides is 1. The van der Waals surface area contributed by atoms with Crippen LogP contribution in [-0.4, -0.2) is 63.0 Å². The monoisotopic (exact) mass is 428 g/mol. The van der Waals surface area contributed by atoms with Crippen LogP contribution in [0.2, 0.25) is 0 Å². The van der Waals surface area contributed by atoms with Crippen LogP contribution < -0.4 is 9.64 Å². The van der Waals surface area contributed by atoms with Gasteiger partial charge in [0.25, 0.3) is 0 Å². The van der Waals surface area contributed by atoms with E-state index >= 15 is 0 Å². The highest BCUT2D eigenvalue weighted by atomic mass is 32.2. The molecule has 7 heteroatoms. The molecule has 0 spiro atoms. The average molecular weight is 429 g/mol. The highest BCUT2D eigenvalue weighted by Gasteiger charge is 2.49. The number of para-hydroxylation sites is 1. The number of piperazine rings is 1. The van der Waals surface area contributed by atoms with Crippen LogP contribution in [0.1, 0.15) is 18.1 Å². The van der Waals surface area contributed by atoms with Crippen molar-refractivity contribution in [3.05, 3.63) is 59.7 Å². The molecule has 2 saturated heterocycles. The number of benzene rings is 2. The SMILES string of the molecule is CCc1ccc(N2C(=O)CN(CCc3ccccc3OC)C3CS(=O)(=O)CC32)cc1. The van der Waals surface area contributed by atoms with E-state index in [4.69, 9.17) is 4.74 Å². The van der Waals surface area contributed by atoms with Gasteiger partial charge in [-0.3, -0.25) is 9.69 Å². The second-order valence-electron chi connectivity index (χ2n) is 8.03. The number of ether oxygens (including phenoxy) is 1. The number of hydrogen-bond acceptors (Lipinski definition) is 5. The Morgan fingerprint density at radius 2 is 1.73 bits per heavy atom. The molecule has 0 aliphatic carbocycles. The van der Waals surface area contributed by atoms with E-state index in [-0.39, 0.29) is 36.0 Å². The molecule has 6 nitrogen and oxygen atoms in total. The van der Waals surface area contributed by atoms with Gasteiger partial charge in [0.15, 0.2) is 9.84 Å². The van der Waals surface area contributed by atoms with Crippen molar-refractivity contribution in [2.75, 3.05) is 36.6 Å². The van der Waals surface area contributed by atoms with Gasteiger partial charge in [0.1, 0.15) is 5.75 Å². The van der Waals surface area contributed by atoms with E-state index < -0.39 is 9.84 Å². The third kappa shape index (κ3) is 4.09. The standard InChI is InChI=1S/C23H28N2O4S/c1-3-17-8-10-19(11-9-17)25-21-16-30(27,28)15-20(21)24(14-23(25)26)13-12-18-6-4-5-7-22(18)29-2/h4-11,20-21H,3,12-16H2,1-2H3. The molecule has 2 aromatic rings. The van der Waals surface area contributed by atoms with Gasteiger partial charge >= 0.3 is 0 Å². The summed E-state index contributed by atoms with van der Waals surface area (Å²) >= 11 is 0. The number of carbonyl (C=O) groups excluding carboxylic acids is 1. The van der Waals surface area contributed by atoms with Gasteiger partial charge in [-0.15, -0.1) is 0 Å². The Balaban J connectivity index is 1.57. The minimum Gasteiger partial charge on any atom is -0.496 e. The van der Waals surface area contributed by atoms with Crippen molar-refractivity contribution >= 4 is 21.4 Å². The zero-order chi connectivity index (χ0) is 21.3. The molecule has 2 heterocycles. The van der Waals surface area contributed by atoms with Gasteiger partial charge in [-0.25, -0.2) is 8.42 Å². The lowest BCUT2D eigenvalue weighted by molar-refractivity contribution is -0.123. The van der Waals surface area contributed by atoms with E-state index in [0.29, 0.717) is 13.0 Å². The number of nitrogens with zero attached hydrogens (tertiary/aromatic N) is 2. The fraction of sp³-hybridized carbons (Fsp3) is 0.435. The van der Waals surface area contributed by atoms with Crippen molar-refractivity contribution in [2.24, 2.45) is 0 Å². The van der Waals surface area contributed by atoms with Crippen molar-refractivity contribution < 1.29 is 17.9 Å². The molecule has 0 N–H and O–H groups in total. The van der Waals surface area contributed by atoms with Crippen LogP contribution in [-0.2, 0) is 27.5 Å². The minimum atomic E-state index is -3.19. The van der Waals surface area contributed by atoms with Crippen molar-refractivity contribution in [2.45, 2.75) is 31.8 Å². The lowest BCUT2D eigenvalue weighted by atomic mass is 10.0. The van der Waals surface area contributed by atoms with Crippen LogP contribution in [0.3, 0.4) is 0 Å². The molecular formula is C23H28N2O4S. The van der Waals surface area contributed by atoms with Gasteiger partial charge in [-0.2, -0.15) is 0 Å². The summed E-state index contributed by atoms with van der Waals surface area (Å²) in [7, 11) is -1.55. The Labute approximate surface area is 178 Å². The number of anilines is 1. The summed E-state index contributed by atoms with van der Waals surface area (Å²) in [4.78, 5) is 16.9. The second kappa shape index (κ2) is 8.40. The third-order valence-corrected chi connectivity index (χ3v) is 7.88. The molecule has 2 aliphatic heterocycles. The van der Waals surface area contributed by atoms with Crippen molar-refractivity contribution in [3.63, 3.8) is 0 Å². The lowest BCUT2D eigenvalue weighted by Crippen LogP contribution is -2.62. The molecule has 160 valence electrons. The zero-order valence-electron chi connectivity index (χ0n) is 17.5. The van der Waals surface area contributed by atoms with Crippen molar-refractivity contribution in [1.82, 2.24) is 4.90 Å². The van der Waals surface area contributed by atoms with Crippen molar-refractivity contribution in [1.29, 1.82) is 0 Å². The first-order valence-corrected chi connectivity index (χ1v) is 12.2. The molecule has 1 amide bonds. The normalized spacial score (nSPS) is 23.4. The van der Waals surface area contributed by atoms with Crippen molar-refractivity contribution in [3.8, 4) is 5.75 Å². The van der Waals surface area contributed by atoms with Crippen LogP contribution in [0.25, 0.3) is 0 Å². The smallest absolute Gasteiger partial charge is 0.241 e. The van der Waals surface area contributed by atoms with Crippen LogP contribution in [0.4, 0.5) is 5.69 Å². The molecule has 0 radical (unpaired) electrons. The van der Waals surface area contributed by atoms with E-state index in [1.165, 1.54) is 5.56 Å². The topological polar surface area (TPSA) is 66.9 Å². The quantitative estimate of drug-likeness (QED) is 0.706. The molecule has 0 bridgehead atoms. The van der Waals surface area contributed by atoms with E-state index in [9.17, 15) is 13.2 Å². The molecule has 2 aliphatic rings. The highest BCUT2D eigenvalue weighted by molar-refractivity contribution is 7.91. The molecule has 30 heavy (non-hydrogen) atoms. The molecular weight excluding hydrogens is 400 g/mol. The van der Waals surface area contributed by atoms with Gasteiger partial charge < -0.3 is 9.64 Å². The van der Waals surface area contributed by atoms with Crippen LogP contribution >= 0.6 is 0 Å². The Kier molecular flexibility index (Phi) is 5.84. The van der Waals surface area contributed by atoms with E-state index in [0.717, 1.165) is 23.4 Å². The van der Waals surface area contributed by atoms with E-state index in [1.54, 1.807) is 12.0 Å². The van der Waals surface area contributed by atoms with E-state index in [1.807, 2.05) is 53.4 Å². The van der Waals surface area contributed by atoms with Crippen LogP contribution in [0.15, 0.2) is 48.5 Å². The summed E-state index contributed by atoms with van der Waals surface area (Å²) in [5, 5.41) is 0. The number of methoxy groups -OCH3 is 1. The molecule has 2 aromatic carbocycles. The first-order chi connectivity index (χ1) is 14.4. The van der Waals surface area contributed by atoms with Gasteiger partial charge in [-0.05, 0) is 42.2 Å². The lowest BCUT2D eigenvalue weighted by Gasteiger charge is -2.43.